The van der Waals surface area contributed by atoms with E-state index in [1.807, 2.05) is 38.7 Å². The molecular formula is C21H38IN5O3. The number of rotatable bonds is 6. The van der Waals surface area contributed by atoms with Crippen molar-refractivity contribution in [2.75, 3.05) is 26.2 Å². The predicted octanol–water partition coefficient (Wildman–Crippen LogP) is 4.12. The van der Waals surface area contributed by atoms with Gasteiger partial charge in [-0.15, -0.1) is 24.0 Å². The van der Waals surface area contributed by atoms with Gasteiger partial charge in [-0.25, -0.2) is 9.79 Å². The van der Waals surface area contributed by atoms with Crippen molar-refractivity contribution in [3.05, 3.63) is 17.5 Å². The average Bonchev–Trinajstić information content (AvgIpc) is 3.12. The van der Waals surface area contributed by atoms with Gasteiger partial charge in [0.05, 0.1) is 5.69 Å². The van der Waals surface area contributed by atoms with Gasteiger partial charge in [0.25, 0.3) is 0 Å². The second-order valence-electron chi connectivity index (χ2n) is 8.88. The quantitative estimate of drug-likeness (QED) is 0.324. The molecule has 8 nitrogen and oxygen atoms in total. The summed E-state index contributed by atoms with van der Waals surface area (Å²) in [6, 6.07) is 1.96. The summed E-state index contributed by atoms with van der Waals surface area (Å²) in [7, 11) is 0. The Labute approximate surface area is 197 Å². The molecule has 0 saturated carbocycles. The highest BCUT2D eigenvalue weighted by Crippen LogP contribution is 2.19. The number of amides is 1. The summed E-state index contributed by atoms with van der Waals surface area (Å²) in [6.07, 6.45) is 1.83. The number of halogens is 1. The van der Waals surface area contributed by atoms with E-state index in [1.165, 1.54) is 0 Å². The van der Waals surface area contributed by atoms with Gasteiger partial charge in [0.15, 0.2) is 11.7 Å². The molecule has 1 amide bonds. The summed E-state index contributed by atoms with van der Waals surface area (Å²) in [6.45, 7) is 15.3. The van der Waals surface area contributed by atoms with Crippen LogP contribution < -0.4 is 10.6 Å². The third kappa shape index (κ3) is 9.09. The number of ether oxygens (including phenoxy) is 1. The van der Waals surface area contributed by atoms with Gasteiger partial charge in [-0.3, -0.25) is 0 Å². The Hall–Kier alpha value is -1.52. The fraction of sp³-hybridized carbons (Fsp3) is 0.762. The Morgan fingerprint density at radius 3 is 2.73 bits per heavy atom. The van der Waals surface area contributed by atoms with Crippen LogP contribution in [0, 0.1) is 5.92 Å². The van der Waals surface area contributed by atoms with E-state index < -0.39 is 5.60 Å². The minimum Gasteiger partial charge on any atom is -0.444 e. The zero-order valence-electron chi connectivity index (χ0n) is 19.2. The van der Waals surface area contributed by atoms with Crippen LogP contribution in [0.3, 0.4) is 0 Å². The number of nitrogens with one attached hydrogen (secondary N) is 2. The summed E-state index contributed by atoms with van der Waals surface area (Å²) in [5.41, 5.74) is 0.473. The fourth-order valence-corrected chi connectivity index (χ4v) is 3.14. The first kappa shape index (κ1) is 26.5. The van der Waals surface area contributed by atoms with E-state index >= 15 is 0 Å². The molecule has 1 unspecified atom stereocenters. The van der Waals surface area contributed by atoms with Crippen LogP contribution in [-0.4, -0.2) is 53.9 Å². The monoisotopic (exact) mass is 535 g/mol. The third-order valence-corrected chi connectivity index (χ3v) is 4.63. The Morgan fingerprint density at radius 1 is 1.40 bits per heavy atom. The van der Waals surface area contributed by atoms with Gasteiger partial charge in [0.1, 0.15) is 12.1 Å². The number of aliphatic imine (C=N–C) groups is 1. The normalized spacial score (nSPS) is 17.5. The molecular weight excluding hydrogens is 497 g/mol. The van der Waals surface area contributed by atoms with E-state index in [0.29, 0.717) is 24.9 Å². The maximum atomic E-state index is 12.3. The maximum absolute atomic E-state index is 12.3. The standard InChI is InChI=1S/C21H37N5O3.HI/c1-7-22-19(24-13-17-11-18(15(2)3)25-29-17)23-12-16-9-8-10-26(14-16)20(27)28-21(4,5)6;/h11,15-16H,7-10,12-14H2,1-6H3,(H2,22,23,24);1H. The lowest BCUT2D eigenvalue weighted by Gasteiger charge is -2.34. The van der Waals surface area contributed by atoms with Crippen molar-refractivity contribution in [2.45, 2.75) is 72.4 Å². The number of piperidine rings is 1. The number of aromatic nitrogens is 1. The molecule has 1 aromatic rings. The smallest absolute Gasteiger partial charge is 0.410 e. The molecule has 30 heavy (non-hydrogen) atoms. The minimum atomic E-state index is -0.469. The third-order valence-electron chi connectivity index (χ3n) is 4.63. The van der Waals surface area contributed by atoms with Gasteiger partial charge in [-0.1, -0.05) is 19.0 Å². The second kappa shape index (κ2) is 12.4. The van der Waals surface area contributed by atoms with Gasteiger partial charge in [0.2, 0.25) is 0 Å². The van der Waals surface area contributed by atoms with Gasteiger partial charge < -0.3 is 24.8 Å². The molecule has 2 rings (SSSR count). The van der Waals surface area contributed by atoms with Crippen molar-refractivity contribution in [1.29, 1.82) is 0 Å². The average molecular weight is 535 g/mol. The number of hydrogen-bond acceptors (Lipinski definition) is 5. The number of hydrogen-bond donors (Lipinski definition) is 2. The Bertz CT molecular complexity index is 684. The molecule has 1 aliphatic heterocycles. The largest absolute Gasteiger partial charge is 0.444 e. The summed E-state index contributed by atoms with van der Waals surface area (Å²) in [5, 5.41) is 10.7. The van der Waals surface area contributed by atoms with Crippen LogP contribution in [0.5, 0.6) is 0 Å². The molecule has 0 aliphatic carbocycles. The predicted molar refractivity (Wildman–Crippen MR) is 129 cm³/mol. The molecule has 1 aliphatic rings. The number of likely N-dealkylation sites (tertiary alicyclic amines) is 1. The number of guanidine groups is 1. The Kier molecular flexibility index (Phi) is 10.9. The molecule has 0 spiro atoms. The Morgan fingerprint density at radius 2 is 2.13 bits per heavy atom. The molecule has 0 radical (unpaired) electrons. The summed E-state index contributed by atoms with van der Waals surface area (Å²) >= 11 is 0. The molecule has 172 valence electrons. The molecule has 1 saturated heterocycles. The van der Waals surface area contributed by atoms with Crippen LogP contribution >= 0.6 is 24.0 Å². The van der Waals surface area contributed by atoms with E-state index in [1.54, 1.807) is 0 Å². The van der Waals surface area contributed by atoms with Crippen LogP contribution in [0.4, 0.5) is 4.79 Å². The lowest BCUT2D eigenvalue weighted by molar-refractivity contribution is 0.0168. The lowest BCUT2D eigenvalue weighted by atomic mass is 9.98. The van der Waals surface area contributed by atoms with E-state index in [4.69, 9.17) is 9.26 Å². The van der Waals surface area contributed by atoms with E-state index in [-0.39, 0.29) is 30.1 Å². The molecule has 0 aromatic carbocycles. The zero-order chi connectivity index (χ0) is 21.4. The van der Waals surface area contributed by atoms with Crippen molar-refractivity contribution in [3.63, 3.8) is 0 Å². The first-order chi connectivity index (χ1) is 13.7. The second-order valence-corrected chi connectivity index (χ2v) is 8.88. The molecule has 9 heteroatoms. The Balaban J connectivity index is 0.00000450. The van der Waals surface area contributed by atoms with Crippen LogP contribution in [0.2, 0.25) is 0 Å². The number of carbonyl (C=O) groups is 1. The first-order valence-corrected chi connectivity index (χ1v) is 10.6. The molecule has 2 heterocycles. The van der Waals surface area contributed by atoms with Crippen LogP contribution in [-0.2, 0) is 11.3 Å². The lowest BCUT2D eigenvalue weighted by Crippen LogP contribution is -2.47. The van der Waals surface area contributed by atoms with Gasteiger partial charge in [-0.2, -0.15) is 0 Å². The highest BCUT2D eigenvalue weighted by atomic mass is 127. The van der Waals surface area contributed by atoms with Crippen molar-refractivity contribution in [1.82, 2.24) is 20.7 Å². The van der Waals surface area contributed by atoms with E-state index in [2.05, 4.69) is 34.6 Å². The van der Waals surface area contributed by atoms with Crippen LogP contribution in [0.15, 0.2) is 15.6 Å². The summed E-state index contributed by atoms with van der Waals surface area (Å²) < 4.78 is 10.9. The summed E-state index contributed by atoms with van der Waals surface area (Å²) in [5.74, 6) is 2.18. The summed E-state index contributed by atoms with van der Waals surface area (Å²) in [4.78, 5) is 18.8. The first-order valence-electron chi connectivity index (χ1n) is 10.6. The molecule has 1 atom stereocenters. The van der Waals surface area contributed by atoms with Gasteiger partial charge in [0, 0.05) is 32.2 Å². The van der Waals surface area contributed by atoms with Gasteiger partial charge >= 0.3 is 6.09 Å². The molecule has 0 bridgehead atoms. The number of nitrogens with zero attached hydrogens (tertiary/aromatic N) is 3. The SMILES string of the molecule is CCNC(=NCc1cc(C(C)C)no1)NCC1CCCN(C(=O)OC(C)(C)C)C1.I. The zero-order valence-corrected chi connectivity index (χ0v) is 21.5. The highest BCUT2D eigenvalue weighted by molar-refractivity contribution is 14.0. The van der Waals surface area contributed by atoms with Crippen molar-refractivity contribution in [2.24, 2.45) is 10.9 Å². The topological polar surface area (TPSA) is 92.0 Å². The fourth-order valence-electron chi connectivity index (χ4n) is 3.14. The highest BCUT2D eigenvalue weighted by Gasteiger charge is 2.27. The molecule has 1 fully saturated rings. The van der Waals surface area contributed by atoms with Crippen molar-refractivity contribution in [3.8, 4) is 0 Å². The van der Waals surface area contributed by atoms with Crippen LogP contribution in [0.1, 0.15) is 71.8 Å². The minimum absolute atomic E-state index is 0. The molecule has 2 N–H and O–H groups in total. The van der Waals surface area contributed by atoms with Gasteiger partial charge in [-0.05, 0) is 52.4 Å². The molecule has 1 aromatic heterocycles. The maximum Gasteiger partial charge on any atom is 0.410 e. The van der Waals surface area contributed by atoms with Crippen molar-refractivity contribution >= 4 is 36.0 Å². The number of carbonyl (C=O) groups excluding carboxylic acids is 1. The van der Waals surface area contributed by atoms with Crippen molar-refractivity contribution < 1.29 is 14.1 Å². The van der Waals surface area contributed by atoms with E-state index in [0.717, 1.165) is 49.9 Å². The van der Waals surface area contributed by atoms with E-state index in [9.17, 15) is 4.79 Å². The van der Waals surface area contributed by atoms with Crippen LogP contribution in [0.25, 0.3) is 0 Å².